The highest BCUT2D eigenvalue weighted by Crippen LogP contribution is 2.22. The van der Waals surface area contributed by atoms with Crippen LogP contribution in [0, 0.1) is 13.8 Å². The van der Waals surface area contributed by atoms with Gasteiger partial charge in [-0.05, 0) is 56.5 Å². The first-order valence-electron chi connectivity index (χ1n) is 9.01. The van der Waals surface area contributed by atoms with Crippen LogP contribution in [0.5, 0.6) is 0 Å². The zero-order valence-electron chi connectivity index (χ0n) is 15.4. The molecule has 3 rings (SSSR count). The predicted octanol–water partition coefficient (Wildman–Crippen LogP) is 2.68. The van der Waals surface area contributed by atoms with Crippen molar-refractivity contribution in [3.05, 3.63) is 58.9 Å². The maximum Gasteiger partial charge on any atom is 0.267 e. The first kappa shape index (κ1) is 18.4. The Balaban J connectivity index is 1.61. The molecule has 6 heteroatoms. The average molecular weight is 354 g/mol. The Kier molecular flexibility index (Phi) is 5.85. The van der Waals surface area contributed by atoms with E-state index in [1.54, 1.807) is 11.6 Å². The van der Waals surface area contributed by atoms with Crippen LogP contribution >= 0.6 is 0 Å². The number of likely N-dealkylation sites (tertiary alicyclic amines) is 1. The quantitative estimate of drug-likeness (QED) is 0.475. The molecule has 2 aromatic rings. The van der Waals surface area contributed by atoms with Gasteiger partial charge in [0.25, 0.3) is 5.91 Å². The Labute approximate surface area is 154 Å². The van der Waals surface area contributed by atoms with Crippen LogP contribution in [-0.4, -0.2) is 38.4 Å². The predicted molar refractivity (Wildman–Crippen MR) is 101 cm³/mol. The molecule has 6 nitrogen and oxygen atoms in total. The maximum atomic E-state index is 11.0. The van der Waals surface area contributed by atoms with Crippen molar-refractivity contribution in [2.75, 3.05) is 6.54 Å². The van der Waals surface area contributed by atoms with E-state index in [1.165, 1.54) is 30.2 Å². The van der Waals surface area contributed by atoms with Gasteiger partial charge in [0.05, 0.1) is 12.2 Å². The first-order chi connectivity index (χ1) is 12.5. The number of rotatable bonds is 6. The Morgan fingerprint density at radius 3 is 2.77 bits per heavy atom. The number of amides is 1. The van der Waals surface area contributed by atoms with Crippen LogP contribution in [0.2, 0.25) is 0 Å². The van der Waals surface area contributed by atoms with E-state index in [0.29, 0.717) is 6.04 Å². The monoisotopic (exact) mass is 354 g/mol. The lowest BCUT2D eigenvalue weighted by atomic mass is 10.1. The lowest BCUT2D eigenvalue weighted by Gasteiger charge is -2.25. The van der Waals surface area contributed by atoms with E-state index in [-0.39, 0.29) is 0 Å². The number of carbonyl (C=O) groups is 1. The molecule has 26 heavy (non-hydrogen) atoms. The largest absolute Gasteiger partial charge is 0.294 e. The van der Waals surface area contributed by atoms with Gasteiger partial charge < -0.3 is 0 Å². The number of nitrogens with zero attached hydrogens (tertiary/aromatic N) is 3. The van der Waals surface area contributed by atoms with E-state index in [4.69, 9.17) is 5.21 Å². The second-order valence-corrected chi connectivity index (χ2v) is 6.93. The number of benzene rings is 1. The molecular weight excluding hydrogens is 328 g/mol. The molecular formula is C20H26N4O2. The Hall–Kier alpha value is -2.44. The first-order valence-corrected chi connectivity index (χ1v) is 9.01. The smallest absolute Gasteiger partial charge is 0.267 e. The number of hydroxylamine groups is 1. The Bertz CT molecular complexity index is 780. The molecule has 0 spiro atoms. The van der Waals surface area contributed by atoms with E-state index in [9.17, 15) is 4.79 Å². The summed E-state index contributed by atoms with van der Waals surface area (Å²) in [4.78, 5) is 13.6. The average Bonchev–Trinajstić information content (AvgIpc) is 3.20. The summed E-state index contributed by atoms with van der Waals surface area (Å²) in [5, 5.41) is 13.1. The van der Waals surface area contributed by atoms with Crippen LogP contribution in [0.15, 0.2) is 36.4 Å². The fraction of sp³-hybridized carbons (Fsp3) is 0.400. The summed E-state index contributed by atoms with van der Waals surface area (Å²) in [7, 11) is 0. The van der Waals surface area contributed by atoms with Crippen molar-refractivity contribution in [2.24, 2.45) is 0 Å². The summed E-state index contributed by atoms with van der Waals surface area (Å²) in [6.07, 6.45) is 5.41. The van der Waals surface area contributed by atoms with Gasteiger partial charge in [-0.2, -0.15) is 5.10 Å². The van der Waals surface area contributed by atoms with Crippen LogP contribution < -0.4 is 5.48 Å². The minimum absolute atomic E-state index is 0.515. The molecule has 0 aliphatic carbocycles. The van der Waals surface area contributed by atoms with E-state index in [1.807, 2.05) is 19.1 Å². The Morgan fingerprint density at radius 2 is 2.12 bits per heavy atom. The van der Waals surface area contributed by atoms with Crippen LogP contribution in [-0.2, 0) is 17.9 Å². The van der Waals surface area contributed by atoms with Gasteiger partial charge in [0.2, 0.25) is 0 Å². The fourth-order valence-corrected chi connectivity index (χ4v) is 3.55. The second-order valence-electron chi connectivity index (χ2n) is 6.93. The van der Waals surface area contributed by atoms with Gasteiger partial charge in [0.1, 0.15) is 0 Å². The molecule has 1 amide bonds. The third-order valence-corrected chi connectivity index (χ3v) is 4.89. The lowest BCUT2D eigenvalue weighted by Crippen LogP contribution is -2.33. The minimum atomic E-state index is -0.530. The zero-order chi connectivity index (χ0) is 18.5. The van der Waals surface area contributed by atoms with Crippen LogP contribution in [0.25, 0.3) is 6.08 Å². The van der Waals surface area contributed by atoms with Gasteiger partial charge >= 0.3 is 0 Å². The number of hydrogen-bond acceptors (Lipinski definition) is 4. The van der Waals surface area contributed by atoms with Crippen molar-refractivity contribution < 1.29 is 10.0 Å². The summed E-state index contributed by atoms with van der Waals surface area (Å²) in [6, 6.07) is 10.8. The second kappa shape index (κ2) is 8.29. The highest BCUT2D eigenvalue weighted by atomic mass is 16.5. The molecule has 2 heterocycles. The standard InChI is InChI=1S/C20H26N4O2/c1-15-12-16(2)24(21-15)14-19-4-3-11-23(19)13-18-7-5-17(6-8-18)9-10-20(25)22-26/h5-10,12,19,26H,3-4,11,13-14H2,1-2H3,(H,22,25)/b10-9+/t19-/m1/s1. The zero-order valence-corrected chi connectivity index (χ0v) is 15.4. The molecule has 0 bridgehead atoms. The number of hydrogen-bond donors (Lipinski definition) is 2. The summed E-state index contributed by atoms with van der Waals surface area (Å²) in [5.41, 5.74) is 6.07. The highest BCUT2D eigenvalue weighted by Gasteiger charge is 2.25. The summed E-state index contributed by atoms with van der Waals surface area (Å²) in [5.74, 6) is -0.530. The van der Waals surface area contributed by atoms with Crippen molar-refractivity contribution in [1.29, 1.82) is 0 Å². The minimum Gasteiger partial charge on any atom is -0.294 e. The topological polar surface area (TPSA) is 70.4 Å². The number of aromatic nitrogens is 2. The van der Waals surface area contributed by atoms with Crippen molar-refractivity contribution in [3.8, 4) is 0 Å². The van der Waals surface area contributed by atoms with Gasteiger partial charge in [0.15, 0.2) is 0 Å². The molecule has 138 valence electrons. The van der Waals surface area contributed by atoms with E-state index in [0.717, 1.165) is 30.9 Å². The third-order valence-electron chi connectivity index (χ3n) is 4.89. The molecule has 0 unspecified atom stereocenters. The summed E-state index contributed by atoms with van der Waals surface area (Å²) in [6.45, 7) is 7.13. The van der Waals surface area contributed by atoms with Gasteiger partial charge in [0, 0.05) is 24.4 Å². The Morgan fingerprint density at radius 1 is 1.35 bits per heavy atom. The molecule has 1 fully saturated rings. The molecule has 1 aliphatic rings. The van der Waals surface area contributed by atoms with Gasteiger partial charge in [-0.1, -0.05) is 24.3 Å². The molecule has 1 saturated heterocycles. The normalized spacial score (nSPS) is 17.9. The molecule has 1 aromatic heterocycles. The van der Waals surface area contributed by atoms with Gasteiger partial charge in [-0.15, -0.1) is 0 Å². The molecule has 0 saturated carbocycles. The SMILES string of the molecule is Cc1cc(C)n(C[C@H]2CCCN2Cc2ccc(/C=C/C(=O)NO)cc2)n1. The van der Waals surface area contributed by atoms with Crippen molar-refractivity contribution in [2.45, 2.75) is 45.8 Å². The molecule has 0 radical (unpaired) electrons. The number of aryl methyl sites for hydroxylation is 2. The molecule has 1 aromatic carbocycles. The van der Waals surface area contributed by atoms with Crippen molar-refractivity contribution in [3.63, 3.8) is 0 Å². The third kappa shape index (κ3) is 4.59. The van der Waals surface area contributed by atoms with Crippen molar-refractivity contribution in [1.82, 2.24) is 20.2 Å². The number of nitrogens with one attached hydrogen (secondary N) is 1. The molecule has 1 atom stereocenters. The highest BCUT2D eigenvalue weighted by molar-refractivity contribution is 5.90. The van der Waals surface area contributed by atoms with Gasteiger partial charge in [-0.25, -0.2) is 5.48 Å². The van der Waals surface area contributed by atoms with Crippen LogP contribution in [0.4, 0.5) is 0 Å². The molecule has 2 N–H and O–H groups in total. The van der Waals surface area contributed by atoms with E-state index in [2.05, 4.69) is 39.8 Å². The summed E-state index contributed by atoms with van der Waals surface area (Å²) >= 11 is 0. The van der Waals surface area contributed by atoms with Crippen LogP contribution in [0.1, 0.15) is 35.4 Å². The number of carbonyl (C=O) groups excluding carboxylic acids is 1. The van der Waals surface area contributed by atoms with Crippen molar-refractivity contribution >= 4 is 12.0 Å². The molecule has 1 aliphatic heterocycles. The summed E-state index contributed by atoms with van der Waals surface area (Å²) < 4.78 is 2.12. The fourth-order valence-electron chi connectivity index (χ4n) is 3.55. The van der Waals surface area contributed by atoms with Gasteiger partial charge in [-0.3, -0.25) is 19.6 Å². The van der Waals surface area contributed by atoms with Crippen LogP contribution in [0.3, 0.4) is 0 Å². The lowest BCUT2D eigenvalue weighted by molar-refractivity contribution is -0.124. The maximum absolute atomic E-state index is 11.0. The van der Waals surface area contributed by atoms with E-state index >= 15 is 0 Å². The van der Waals surface area contributed by atoms with E-state index < -0.39 is 5.91 Å².